The number of nitrogens with zero attached hydrogens (tertiary/aromatic N) is 1. The maximum Gasteiger partial charge on any atom is 0.356 e. The molecule has 0 saturated carbocycles. The average molecular weight is 302 g/mol. The molecule has 19 heavy (non-hydrogen) atoms. The highest BCUT2D eigenvalue weighted by Gasteiger charge is 2.25. The van der Waals surface area contributed by atoms with Gasteiger partial charge in [-0.15, -0.1) is 11.3 Å². The standard InChI is InChI=1S/C10H10N2O5S2/c13-9(14)8-10(18-6-11-8)19(15,16)12-4-3-7-2-1-5-17-7/h1-2,5-6,12H,3-4H2,(H,13,14). The third-order valence-electron chi connectivity index (χ3n) is 2.23. The third-order valence-corrected chi connectivity index (χ3v) is 5.06. The molecule has 2 rings (SSSR count). The number of rotatable bonds is 6. The molecule has 2 aromatic heterocycles. The van der Waals surface area contributed by atoms with E-state index in [1.54, 1.807) is 12.1 Å². The topological polar surface area (TPSA) is 109 Å². The van der Waals surface area contributed by atoms with E-state index in [1.807, 2.05) is 0 Å². The van der Waals surface area contributed by atoms with E-state index in [0.29, 0.717) is 12.2 Å². The maximum atomic E-state index is 11.9. The predicted octanol–water partition coefficient (Wildman–Crippen LogP) is 0.955. The van der Waals surface area contributed by atoms with Crippen molar-refractivity contribution in [1.29, 1.82) is 0 Å². The van der Waals surface area contributed by atoms with Crippen LogP contribution >= 0.6 is 11.3 Å². The molecule has 0 bridgehead atoms. The van der Waals surface area contributed by atoms with Crippen molar-refractivity contribution in [3.8, 4) is 0 Å². The van der Waals surface area contributed by atoms with E-state index in [1.165, 1.54) is 11.8 Å². The molecule has 0 atom stereocenters. The number of hydrogen-bond donors (Lipinski definition) is 2. The molecule has 0 aliphatic rings. The summed E-state index contributed by atoms with van der Waals surface area (Å²) in [6, 6.07) is 3.43. The molecule has 2 heterocycles. The van der Waals surface area contributed by atoms with E-state index < -0.39 is 21.7 Å². The summed E-state index contributed by atoms with van der Waals surface area (Å²) in [5.41, 5.74) is 0.723. The lowest BCUT2D eigenvalue weighted by atomic mass is 10.3. The first-order valence-electron chi connectivity index (χ1n) is 5.19. The van der Waals surface area contributed by atoms with Gasteiger partial charge in [-0.2, -0.15) is 0 Å². The number of carboxylic acids is 1. The Morgan fingerprint density at radius 3 is 2.95 bits per heavy atom. The quantitative estimate of drug-likeness (QED) is 0.822. The van der Waals surface area contributed by atoms with E-state index in [9.17, 15) is 13.2 Å². The summed E-state index contributed by atoms with van der Waals surface area (Å²) in [7, 11) is -3.86. The Labute approximate surface area is 113 Å². The summed E-state index contributed by atoms with van der Waals surface area (Å²) < 4.78 is 30.9. The zero-order valence-electron chi connectivity index (χ0n) is 9.57. The van der Waals surface area contributed by atoms with Crippen LogP contribution in [0.15, 0.2) is 32.5 Å². The van der Waals surface area contributed by atoms with Gasteiger partial charge in [0.2, 0.25) is 0 Å². The van der Waals surface area contributed by atoms with Gasteiger partial charge in [-0.25, -0.2) is 22.9 Å². The molecule has 0 saturated heterocycles. The first-order valence-corrected chi connectivity index (χ1v) is 7.56. The number of carboxylic acid groups (broad SMARTS) is 1. The van der Waals surface area contributed by atoms with Gasteiger partial charge in [0.15, 0.2) is 9.90 Å². The van der Waals surface area contributed by atoms with Crippen molar-refractivity contribution in [3.63, 3.8) is 0 Å². The minimum Gasteiger partial charge on any atom is -0.476 e. The Balaban J connectivity index is 2.06. The fraction of sp³-hybridized carbons (Fsp3) is 0.200. The van der Waals surface area contributed by atoms with Crippen molar-refractivity contribution in [2.75, 3.05) is 6.54 Å². The average Bonchev–Trinajstić information content (AvgIpc) is 2.99. The highest BCUT2D eigenvalue weighted by atomic mass is 32.2. The van der Waals surface area contributed by atoms with Crippen LogP contribution in [0.1, 0.15) is 16.2 Å². The molecular formula is C10H10N2O5S2. The van der Waals surface area contributed by atoms with E-state index in [0.717, 1.165) is 11.3 Å². The van der Waals surface area contributed by atoms with E-state index in [4.69, 9.17) is 9.52 Å². The molecule has 7 nitrogen and oxygen atoms in total. The van der Waals surface area contributed by atoms with E-state index >= 15 is 0 Å². The summed E-state index contributed by atoms with van der Waals surface area (Å²) in [5, 5.41) is 8.83. The monoisotopic (exact) mass is 302 g/mol. The van der Waals surface area contributed by atoms with E-state index in [2.05, 4.69) is 9.71 Å². The van der Waals surface area contributed by atoms with Crippen LogP contribution in [-0.2, 0) is 16.4 Å². The van der Waals surface area contributed by atoms with Crippen molar-refractivity contribution in [2.24, 2.45) is 0 Å². The number of aromatic nitrogens is 1. The van der Waals surface area contributed by atoms with Gasteiger partial charge in [0, 0.05) is 13.0 Å². The zero-order valence-corrected chi connectivity index (χ0v) is 11.2. The lowest BCUT2D eigenvalue weighted by Crippen LogP contribution is -2.26. The molecular weight excluding hydrogens is 292 g/mol. The summed E-state index contributed by atoms with van der Waals surface area (Å²) in [6.07, 6.45) is 1.88. The van der Waals surface area contributed by atoms with Crippen LogP contribution in [0.5, 0.6) is 0 Å². The second-order valence-electron chi connectivity index (χ2n) is 3.52. The summed E-state index contributed by atoms with van der Waals surface area (Å²) >= 11 is 0.767. The normalized spacial score (nSPS) is 11.6. The molecule has 2 aromatic rings. The SMILES string of the molecule is O=C(O)c1ncsc1S(=O)(=O)NCCc1ccco1. The molecule has 102 valence electrons. The Kier molecular flexibility index (Phi) is 3.98. The largest absolute Gasteiger partial charge is 0.476 e. The number of carbonyl (C=O) groups is 1. The molecule has 0 aliphatic heterocycles. The summed E-state index contributed by atoms with van der Waals surface area (Å²) in [5.74, 6) is -0.724. The molecule has 0 radical (unpaired) electrons. The van der Waals surface area contributed by atoms with Crippen LogP contribution in [-0.4, -0.2) is 31.0 Å². The zero-order chi connectivity index (χ0) is 13.9. The van der Waals surface area contributed by atoms with Gasteiger partial charge in [-0.05, 0) is 12.1 Å². The van der Waals surface area contributed by atoms with Crippen molar-refractivity contribution in [3.05, 3.63) is 35.4 Å². The number of aromatic carboxylic acids is 1. The molecule has 0 fully saturated rings. The number of sulfonamides is 1. The highest BCUT2D eigenvalue weighted by Crippen LogP contribution is 2.19. The fourth-order valence-electron chi connectivity index (χ4n) is 1.40. The van der Waals surface area contributed by atoms with Crippen molar-refractivity contribution < 1.29 is 22.7 Å². The maximum absolute atomic E-state index is 11.9. The van der Waals surface area contributed by atoms with Gasteiger partial charge in [0.05, 0.1) is 11.8 Å². The number of furan rings is 1. The summed E-state index contributed by atoms with van der Waals surface area (Å²) in [4.78, 5) is 14.3. The second-order valence-corrected chi connectivity index (χ2v) is 6.34. The lowest BCUT2D eigenvalue weighted by Gasteiger charge is -2.04. The van der Waals surface area contributed by atoms with Crippen LogP contribution in [0.2, 0.25) is 0 Å². The molecule has 0 aromatic carbocycles. The van der Waals surface area contributed by atoms with Gasteiger partial charge >= 0.3 is 5.97 Å². The van der Waals surface area contributed by atoms with Gasteiger partial charge in [0.25, 0.3) is 10.0 Å². The van der Waals surface area contributed by atoms with Crippen LogP contribution in [0, 0.1) is 0 Å². The highest BCUT2D eigenvalue weighted by molar-refractivity contribution is 7.91. The number of thiazole rings is 1. The smallest absolute Gasteiger partial charge is 0.356 e. The second kappa shape index (κ2) is 5.51. The lowest BCUT2D eigenvalue weighted by molar-refractivity contribution is 0.0687. The first-order chi connectivity index (χ1) is 9.00. The minimum absolute atomic E-state index is 0.118. The van der Waals surface area contributed by atoms with Gasteiger partial charge in [-0.3, -0.25) is 0 Å². The van der Waals surface area contributed by atoms with Crippen LogP contribution in [0.3, 0.4) is 0 Å². The van der Waals surface area contributed by atoms with Crippen LogP contribution in [0.4, 0.5) is 0 Å². The molecule has 2 N–H and O–H groups in total. The van der Waals surface area contributed by atoms with Gasteiger partial charge < -0.3 is 9.52 Å². The Hall–Kier alpha value is -1.71. The van der Waals surface area contributed by atoms with Crippen molar-refractivity contribution in [2.45, 2.75) is 10.6 Å². The molecule has 0 aliphatic carbocycles. The fourth-order valence-corrected chi connectivity index (χ4v) is 3.61. The minimum atomic E-state index is -3.86. The van der Waals surface area contributed by atoms with E-state index in [-0.39, 0.29) is 10.8 Å². The van der Waals surface area contributed by atoms with Gasteiger partial charge in [-0.1, -0.05) is 0 Å². The molecule has 0 spiro atoms. The third kappa shape index (κ3) is 3.19. The number of nitrogens with one attached hydrogen (secondary N) is 1. The number of hydrogen-bond acceptors (Lipinski definition) is 6. The Morgan fingerprint density at radius 2 is 2.32 bits per heavy atom. The van der Waals surface area contributed by atoms with Gasteiger partial charge in [0.1, 0.15) is 5.76 Å². The predicted molar refractivity (Wildman–Crippen MR) is 66.7 cm³/mol. The van der Waals surface area contributed by atoms with Crippen LogP contribution < -0.4 is 4.72 Å². The van der Waals surface area contributed by atoms with Crippen molar-refractivity contribution >= 4 is 27.3 Å². The Morgan fingerprint density at radius 1 is 1.53 bits per heavy atom. The molecule has 9 heteroatoms. The Bertz CT molecular complexity index is 660. The summed E-state index contributed by atoms with van der Waals surface area (Å²) in [6.45, 7) is 0.118. The molecule has 0 amide bonds. The first kappa shape index (κ1) is 13.7. The molecule has 0 unspecified atom stereocenters. The van der Waals surface area contributed by atoms with Crippen LogP contribution in [0.25, 0.3) is 0 Å². The van der Waals surface area contributed by atoms with Crippen molar-refractivity contribution in [1.82, 2.24) is 9.71 Å².